The van der Waals surface area contributed by atoms with Crippen LogP contribution < -0.4 is 0 Å². The van der Waals surface area contributed by atoms with E-state index in [0.29, 0.717) is 19.6 Å². The molecular formula is C12H19N3O4S2. The SMILES string of the molecule is CCC1CN(S(=O)(=O)c2scnc2C(=O)OC)CCN1C. The van der Waals surface area contributed by atoms with Gasteiger partial charge in [-0.3, -0.25) is 0 Å². The van der Waals surface area contributed by atoms with Gasteiger partial charge in [-0.15, -0.1) is 11.3 Å². The Labute approximate surface area is 128 Å². The second-order valence-corrected chi connectivity index (χ2v) is 7.87. The first kappa shape index (κ1) is 16.3. The van der Waals surface area contributed by atoms with Gasteiger partial charge in [-0.25, -0.2) is 18.2 Å². The number of piperazine rings is 1. The van der Waals surface area contributed by atoms with Crippen molar-refractivity contribution in [3.05, 3.63) is 11.2 Å². The Morgan fingerprint density at radius 1 is 1.52 bits per heavy atom. The van der Waals surface area contributed by atoms with Crippen molar-refractivity contribution in [2.75, 3.05) is 33.8 Å². The maximum atomic E-state index is 12.7. The Kier molecular flexibility index (Phi) is 4.97. The van der Waals surface area contributed by atoms with Crippen molar-refractivity contribution in [2.45, 2.75) is 23.6 Å². The highest BCUT2D eigenvalue weighted by Crippen LogP contribution is 2.26. The molecule has 118 valence electrons. The maximum Gasteiger partial charge on any atom is 0.358 e. The van der Waals surface area contributed by atoms with Crippen LogP contribution in [0.3, 0.4) is 0 Å². The lowest BCUT2D eigenvalue weighted by molar-refractivity contribution is 0.0590. The summed E-state index contributed by atoms with van der Waals surface area (Å²) in [5, 5.41) is 0. The molecule has 0 aromatic carbocycles. The number of methoxy groups -OCH3 is 1. The zero-order valence-electron chi connectivity index (χ0n) is 12.3. The van der Waals surface area contributed by atoms with E-state index in [9.17, 15) is 13.2 Å². The minimum Gasteiger partial charge on any atom is -0.464 e. The van der Waals surface area contributed by atoms with Crippen LogP contribution in [0, 0.1) is 0 Å². The molecule has 0 spiro atoms. The summed E-state index contributed by atoms with van der Waals surface area (Å²) in [4.78, 5) is 17.6. The minimum absolute atomic E-state index is 0.0336. The van der Waals surface area contributed by atoms with Crippen LogP contribution in [0.15, 0.2) is 9.72 Å². The Morgan fingerprint density at radius 2 is 2.24 bits per heavy atom. The van der Waals surface area contributed by atoms with Crippen LogP contribution in [-0.2, 0) is 14.8 Å². The Balaban J connectivity index is 2.31. The first-order valence-electron chi connectivity index (χ1n) is 6.64. The van der Waals surface area contributed by atoms with Gasteiger partial charge in [0.25, 0.3) is 10.0 Å². The van der Waals surface area contributed by atoms with Crippen molar-refractivity contribution in [1.29, 1.82) is 0 Å². The van der Waals surface area contributed by atoms with Crippen molar-refractivity contribution < 1.29 is 17.9 Å². The van der Waals surface area contributed by atoms with Gasteiger partial charge in [-0.1, -0.05) is 6.92 Å². The van der Waals surface area contributed by atoms with Gasteiger partial charge < -0.3 is 9.64 Å². The third-order valence-electron chi connectivity index (χ3n) is 3.70. The second-order valence-electron chi connectivity index (χ2n) is 4.89. The number of aromatic nitrogens is 1. The van der Waals surface area contributed by atoms with E-state index in [2.05, 4.69) is 14.6 Å². The van der Waals surface area contributed by atoms with Gasteiger partial charge in [0.05, 0.1) is 12.6 Å². The van der Waals surface area contributed by atoms with Gasteiger partial charge in [0.2, 0.25) is 0 Å². The van der Waals surface area contributed by atoms with E-state index in [1.807, 2.05) is 14.0 Å². The van der Waals surface area contributed by atoms with E-state index in [1.54, 1.807) is 0 Å². The zero-order chi connectivity index (χ0) is 15.6. The van der Waals surface area contributed by atoms with Crippen LogP contribution in [0.25, 0.3) is 0 Å². The highest BCUT2D eigenvalue weighted by Gasteiger charge is 2.36. The standard InChI is InChI=1S/C12H19N3O4S2/c1-4-9-7-15(6-5-14(9)2)21(17,18)12-10(11(16)19-3)13-8-20-12/h8-9H,4-7H2,1-3H3. The van der Waals surface area contributed by atoms with Crippen LogP contribution in [0.5, 0.6) is 0 Å². The van der Waals surface area contributed by atoms with Gasteiger partial charge in [-0.05, 0) is 13.5 Å². The largest absolute Gasteiger partial charge is 0.464 e. The summed E-state index contributed by atoms with van der Waals surface area (Å²) < 4.78 is 31.4. The fraction of sp³-hybridized carbons (Fsp3) is 0.667. The Hall–Kier alpha value is -1.03. The highest BCUT2D eigenvalue weighted by molar-refractivity contribution is 7.91. The van der Waals surface area contributed by atoms with E-state index in [-0.39, 0.29) is 15.9 Å². The van der Waals surface area contributed by atoms with Gasteiger partial charge in [0, 0.05) is 25.7 Å². The van der Waals surface area contributed by atoms with Crippen molar-refractivity contribution in [2.24, 2.45) is 0 Å². The van der Waals surface area contributed by atoms with Crippen LogP contribution in [-0.4, -0.2) is 68.4 Å². The molecule has 1 aromatic rings. The summed E-state index contributed by atoms with van der Waals surface area (Å²) in [6.07, 6.45) is 0.870. The monoisotopic (exact) mass is 333 g/mol. The Bertz CT molecular complexity index is 614. The second kappa shape index (κ2) is 6.39. The molecule has 1 atom stereocenters. The number of sulfonamides is 1. The van der Waals surface area contributed by atoms with E-state index in [4.69, 9.17) is 0 Å². The average molecular weight is 333 g/mol. The number of esters is 1. The minimum atomic E-state index is -3.71. The van der Waals surface area contributed by atoms with Crippen LogP contribution in [0.4, 0.5) is 0 Å². The van der Waals surface area contributed by atoms with Gasteiger partial charge in [0.1, 0.15) is 0 Å². The van der Waals surface area contributed by atoms with E-state index in [1.165, 1.54) is 16.9 Å². The van der Waals surface area contributed by atoms with Crippen LogP contribution in [0.1, 0.15) is 23.8 Å². The fourth-order valence-electron chi connectivity index (χ4n) is 2.35. The molecular weight excluding hydrogens is 314 g/mol. The molecule has 2 heterocycles. The summed E-state index contributed by atoms with van der Waals surface area (Å²) in [6, 6.07) is 0.183. The molecule has 1 aromatic heterocycles. The number of ether oxygens (including phenoxy) is 1. The number of likely N-dealkylation sites (N-methyl/N-ethyl adjacent to an activating group) is 1. The summed E-state index contributed by atoms with van der Waals surface area (Å²) in [5.74, 6) is -0.726. The van der Waals surface area contributed by atoms with Crippen molar-refractivity contribution >= 4 is 27.3 Å². The molecule has 1 saturated heterocycles. The molecule has 0 bridgehead atoms. The molecule has 1 aliphatic rings. The van der Waals surface area contributed by atoms with Crippen molar-refractivity contribution in [3.8, 4) is 0 Å². The molecule has 0 N–H and O–H groups in total. The molecule has 1 aliphatic heterocycles. The van der Waals surface area contributed by atoms with E-state index < -0.39 is 16.0 Å². The average Bonchev–Trinajstić information content (AvgIpc) is 2.97. The molecule has 0 radical (unpaired) electrons. The number of hydrogen-bond acceptors (Lipinski definition) is 7. The third-order valence-corrected chi connectivity index (χ3v) is 6.91. The third kappa shape index (κ3) is 3.10. The number of rotatable bonds is 4. The molecule has 21 heavy (non-hydrogen) atoms. The van der Waals surface area contributed by atoms with Gasteiger partial charge >= 0.3 is 5.97 Å². The molecule has 0 aliphatic carbocycles. The van der Waals surface area contributed by atoms with Gasteiger partial charge in [-0.2, -0.15) is 4.31 Å². The van der Waals surface area contributed by atoms with E-state index >= 15 is 0 Å². The Morgan fingerprint density at radius 3 is 2.86 bits per heavy atom. The molecule has 0 saturated carbocycles. The van der Waals surface area contributed by atoms with E-state index in [0.717, 1.165) is 17.8 Å². The number of carbonyl (C=O) groups is 1. The predicted octanol–water partition coefficient (Wildman–Crippen LogP) is 0.644. The summed E-state index contributed by atoms with van der Waals surface area (Å²) in [6.45, 7) is 3.54. The molecule has 1 unspecified atom stereocenters. The summed E-state index contributed by atoms with van der Waals surface area (Å²) in [7, 11) is -0.509. The normalized spacial score (nSPS) is 21.4. The molecule has 9 heteroatoms. The first-order valence-corrected chi connectivity index (χ1v) is 8.96. The predicted molar refractivity (Wildman–Crippen MR) is 78.9 cm³/mol. The number of hydrogen-bond donors (Lipinski definition) is 0. The molecule has 0 amide bonds. The van der Waals surface area contributed by atoms with Crippen molar-refractivity contribution in [3.63, 3.8) is 0 Å². The molecule has 7 nitrogen and oxygen atoms in total. The summed E-state index contributed by atoms with van der Waals surface area (Å²) in [5.41, 5.74) is 1.22. The number of nitrogens with zero attached hydrogens (tertiary/aromatic N) is 3. The highest BCUT2D eigenvalue weighted by atomic mass is 32.2. The first-order chi connectivity index (χ1) is 9.91. The molecule has 1 fully saturated rings. The van der Waals surface area contributed by atoms with Crippen LogP contribution >= 0.6 is 11.3 Å². The topological polar surface area (TPSA) is 79.8 Å². The number of thiazole rings is 1. The number of carbonyl (C=O) groups excluding carboxylic acids is 1. The smallest absolute Gasteiger partial charge is 0.358 e. The lowest BCUT2D eigenvalue weighted by Crippen LogP contribution is -2.52. The molecule has 2 rings (SSSR count). The van der Waals surface area contributed by atoms with Crippen molar-refractivity contribution in [1.82, 2.24) is 14.2 Å². The lowest BCUT2D eigenvalue weighted by Gasteiger charge is -2.38. The zero-order valence-corrected chi connectivity index (χ0v) is 13.9. The maximum absolute atomic E-state index is 12.7. The van der Waals surface area contributed by atoms with Crippen LogP contribution in [0.2, 0.25) is 0 Å². The quantitative estimate of drug-likeness (QED) is 0.753. The summed E-state index contributed by atoms with van der Waals surface area (Å²) >= 11 is 0.948. The lowest BCUT2D eigenvalue weighted by atomic mass is 10.1. The fourth-order valence-corrected chi connectivity index (χ4v) is 5.08. The van der Waals surface area contributed by atoms with Gasteiger partial charge in [0.15, 0.2) is 9.90 Å².